The molecule has 15 heavy (non-hydrogen) atoms. The third-order valence-corrected chi connectivity index (χ3v) is 2.63. The normalized spacial score (nSPS) is 11.0. The summed E-state index contributed by atoms with van der Waals surface area (Å²) in [4.78, 5) is 1.99. The minimum absolute atomic E-state index is 0.160. The van der Waals surface area contributed by atoms with Crippen LogP contribution in [0.15, 0.2) is 22.7 Å². The highest BCUT2D eigenvalue weighted by Crippen LogP contribution is 2.16. The Bertz CT molecular complexity index is 320. The zero-order valence-electron chi connectivity index (χ0n) is 8.63. The van der Waals surface area contributed by atoms with Crippen LogP contribution in [0.2, 0.25) is 0 Å². The molecule has 0 atom stereocenters. The Kier molecular flexibility index (Phi) is 5.17. The molecule has 0 unspecified atom stereocenters. The number of rotatable bonds is 5. The quantitative estimate of drug-likeness (QED) is 0.486. The second-order valence-electron chi connectivity index (χ2n) is 3.43. The van der Waals surface area contributed by atoms with Gasteiger partial charge in [-0.2, -0.15) is 0 Å². The molecule has 84 valence electrons. The van der Waals surface area contributed by atoms with Crippen molar-refractivity contribution in [3.63, 3.8) is 0 Å². The highest BCUT2D eigenvalue weighted by molar-refractivity contribution is 9.10. The zero-order chi connectivity index (χ0) is 11.3. The maximum atomic E-state index is 13.3. The first kappa shape index (κ1) is 12.6. The van der Waals surface area contributed by atoms with Crippen molar-refractivity contribution in [1.29, 1.82) is 0 Å². The molecule has 0 aliphatic rings. The van der Waals surface area contributed by atoms with Crippen LogP contribution in [0.4, 0.5) is 4.39 Å². The van der Waals surface area contributed by atoms with E-state index in [9.17, 15) is 4.39 Å². The summed E-state index contributed by atoms with van der Waals surface area (Å²) in [6, 6.07) is 4.98. The molecule has 0 saturated carbocycles. The van der Waals surface area contributed by atoms with Crippen LogP contribution in [0.5, 0.6) is 0 Å². The van der Waals surface area contributed by atoms with Crippen molar-refractivity contribution in [3.8, 4) is 0 Å². The molecule has 1 rings (SSSR count). The number of hydrogen-bond donors (Lipinski definition) is 2. The van der Waals surface area contributed by atoms with Crippen LogP contribution in [0.25, 0.3) is 0 Å². The Morgan fingerprint density at radius 2 is 2.27 bits per heavy atom. The van der Waals surface area contributed by atoms with E-state index in [1.165, 1.54) is 6.07 Å². The van der Waals surface area contributed by atoms with E-state index < -0.39 is 0 Å². The van der Waals surface area contributed by atoms with Gasteiger partial charge < -0.3 is 0 Å². The van der Waals surface area contributed by atoms with E-state index in [4.69, 9.17) is 5.84 Å². The summed E-state index contributed by atoms with van der Waals surface area (Å²) in [5.41, 5.74) is 3.27. The number of benzene rings is 1. The summed E-state index contributed by atoms with van der Waals surface area (Å²) in [7, 11) is 1.93. The Morgan fingerprint density at radius 1 is 1.53 bits per heavy atom. The number of nitrogens with one attached hydrogen (secondary N) is 1. The van der Waals surface area contributed by atoms with E-state index in [0.29, 0.717) is 18.7 Å². The van der Waals surface area contributed by atoms with Crippen LogP contribution in [-0.2, 0) is 6.42 Å². The SMILES string of the molecule is CN(CCc1cc(Br)ccc1F)CNN. The molecule has 0 aliphatic carbocycles. The van der Waals surface area contributed by atoms with Gasteiger partial charge in [-0.05, 0) is 37.2 Å². The molecule has 0 fully saturated rings. The molecule has 0 heterocycles. The molecule has 0 spiro atoms. The molecule has 1 aromatic carbocycles. The second kappa shape index (κ2) is 6.17. The Morgan fingerprint density at radius 3 is 2.93 bits per heavy atom. The van der Waals surface area contributed by atoms with E-state index in [2.05, 4.69) is 21.4 Å². The first-order chi connectivity index (χ1) is 7.13. The lowest BCUT2D eigenvalue weighted by Gasteiger charge is -2.15. The van der Waals surface area contributed by atoms with Gasteiger partial charge in [0.2, 0.25) is 0 Å². The smallest absolute Gasteiger partial charge is 0.126 e. The summed E-state index contributed by atoms with van der Waals surface area (Å²) in [5, 5.41) is 0. The van der Waals surface area contributed by atoms with Gasteiger partial charge in [0.25, 0.3) is 0 Å². The van der Waals surface area contributed by atoms with E-state index in [1.54, 1.807) is 12.1 Å². The van der Waals surface area contributed by atoms with Gasteiger partial charge in [0, 0.05) is 11.0 Å². The van der Waals surface area contributed by atoms with Gasteiger partial charge in [-0.15, -0.1) is 0 Å². The molecule has 0 aliphatic heterocycles. The third kappa shape index (κ3) is 4.25. The summed E-state index contributed by atoms with van der Waals surface area (Å²) >= 11 is 3.32. The fourth-order valence-electron chi connectivity index (χ4n) is 1.28. The molecule has 0 amide bonds. The van der Waals surface area contributed by atoms with E-state index in [0.717, 1.165) is 11.0 Å². The van der Waals surface area contributed by atoms with Crippen molar-refractivity contribution in [3.05, 3.63) is 34.1 Å². The number of likely N-dealkylation sites (N-methyl/N-ethyl adjacent to an activating group) is 1. The first-order valence-electron chi connectivity index (χ1n) is 4.69. The average molecular weight is 276 g/mol. The zero-order valence-corrected chi connectivity index (χ0v) is 10.2. The number of halogens is 2. The summed E-state index contributed by atoms with van der Waals surface area (Å²) in [6.07, 6.45) is 0.670. The van der Waals surface area contributed by atoms with Gasteiger partial charge >= 0.3 is 0 Å². The van der Waals surface area contributed by atoms with Crippen LogP contribution in [0, 0.1) is 5.82 Å². The maximum Gasteiger partial charge on any atom is 0.126 e. The Labute approximate surface area is 97.5 Å². The molecule has 0 bridgehead atoms. The minimum atomic E-state index is -0.160. The molecule has 5 heteroatoms. The first-order valence-corrected chi connectivity index (χ1v) is 5.48. The Balaban J connectivity index is 2.53. The van der Waals surface area contributed by atoms with Crippen molar-refractivity contribution in [1.82, 2.24) is 10.3 Å². The van der Waals surface area contributed by atoms with Crippen molar-refractivity contribution in [2.45, 2.75) is 6.42 Å². The Hall–Kier alpha value is -0.490. The number of hydrazine groups is 1. The summed E-state index contributed by atoms with van der Waals surface area (Å²) < 4.78 is 14.2. The monoisotopic (exact) mass is 275 g/mol. The lowest BCUT2D eigenvalue weighted by Crippen LogP contribution is -2.36. The molecular weight excluding hydrogens is 261 g/mol. The molecular formula is C10H15BrFN3. The highest BCUT2D eigenvalue weighted by atomic mass is 79.9. The van der Waals surface area contributed by atoms with Crippen molar-refractivity contribution in [2.24, 2.45) is 5.84 Å². The van der Waals surface area contributed by atoms with E-state index >= 15 is 0 Å². The van der Waals surface area contributed by atoms with Crippen LogP contribution >= 0.6 is 15.9 Å². The molecule has 0 aromatic heterocycles. The molecule has 0 saturated heterocycles. The van der Waals surface area contributed by atoms with Crippen LogP contribution < -0.4 is 11.3 Å². The van der Waals surface area contributed by atoms with Crippen molar-refractivity contribution in [2.75, 3.05) is 20.3 Å². The molecule has 3 N–H and O–H groups in total. The number of hydrogen-bond acceptors (Lipinski definition) is 3. The number of nitrogens with zero attached hydrogens (tertiary/aromatic N) is 1. The van der Waals surface area contributed by atoms with Gasteiger partial charge in [0.15, 0.2) is 0 Å². The molecule has 1 aromatic rings. The minimum Gasteiger partial charge on any atom is -0.292 e. The second-order valence-corrected chi connectivity index (χ2v) is 4.34. The van der Waals surface area contributed by atoms with Gasteiger partial charge in [-0.1, -0.05) is 15.9 Å². The van der Waals surface area contributed by atoms with Crippen LogP contribution in [0.1, 0.15) is 5.56 Å². The molecule has 0 radical (unpaired) electrons. The van der Waals surface area contributed by atoms with Gasteiger partial charge in [0.1, 0.15) is 5.82 Å². The third-order valence-electron chi connectivity index (χ3n) is 2.13. The maximum absolute atomic E-state index is 13.3. The van der Waals surface area contributed by atoms with Crippen molar-refractivity contribution >= 4 is 15.9 Å². The fourth-order valence-corrected chi connectivity index (χ4v) is 1.69. The fraction of sp³-hybridized carbons (Fsp3) is 0.400. The lowest BCUT2D eigenvalue weighted by molar-refractivity contribution is 0.311. The van der Waals surface area contributed by atoms with Crippen LogP contribution in [0.3, 0.4) is 0 Å². The summed E-state index contributed by atoms with van der Waals surface area (Å²) in [6.45, 7) is 1.35. The predicted octanol–water partition coefficient (Wildman–Crippen LogP) is 1.48. The average Bonchev–Trinajstić information content (AvgIpc) is 2.20. The van der Waals surface area contributed by atoms with Crippen molar-refractivity contribution < 1.29 is 4.39 Å². The van der Waals surface area contributed by atoms with E-state index in [-0.39, 0.29) is 5.82 Å². The summed E-state index contributed by atoms with van der Waals surface area (Å²) in [5.74, 6) is 5.02. The largest absolute Gasteiger partial charge is 0.292 e. The lowest BCUT2D eigenvalue weighted by atomic mass is 10.1. The highest BCUT2D eigenvalue weighted by Gasteiger charge is 2.04. The molecule has 3 nitrogen and oxygen atoms in total. The van der Waals surface area contributed by atoms with Gasteiger partial charge in [0.05, 0.1) is 6.67 Å². The van der Waals surface area contributed by atoms with Gasteiger partial charge in [-0.3, -0.25) is 10.7 Å². The van der Waals surface area contributed by atoms with Gasteiger partial charge in [-0.25, -0.2) is 9.82 Å². The van der Waals surface area contributed by atoms with Crippen LogP contribution in [-0.4, -0.2) is 25.2 Å². The topological polar surface area (TPSA) is 41.3 Å². The predicted molar refractivity (Wildman–Crippen MR) is 62.6 cm³/mol. The number of nitrogens with two attached hydrogens (primary N) is 1. The van der Waals surface area contributed by atoms with E-state index in [1.807, 2.05) is 11.9 Å². The standard InChI is InChI=1S/C10H15BrFN3/c1-15(7-14-13)5-4-8-6-9(11)2-3-10(8)12/h2-3,6,14H,4-5,7,13H2,1H3.